The van der Waals surface area contributed by atoms with E-state index in [0.29, 0.717) is 6.42 Å². The second-order valence-electron chi connectivity index (χ2n) is 8.88. The Kier molecular flexibility index (Phi) is 13.8. The summed E-state index contributed by atoms with van der Waals surface area (Å²) in [4.78, 5) is 0. The molecule has 0 unspecified atom stereocenters. The van der Waals surface area contributed by atoms with Crippen LogP contribution in [0, 0.1) is 17.8 Å². The normalized spacial score (nSPS) is 21.9. The van der Waals surface area contributed by atoms with Gasteiger partial charge in [0.05, 0.1) is 6.61 Å². The zero-order valence-corrected chi connectivity index (χ0v) is 18.5. The average molecular weight is 395 g/mol. The molecule has 1 aliphatic rings. The molecular formula is C25H46O3. The van der Waals surface area contributed by atoms with Gasteiger partial charge in [-0.3, -0.25) is 0 Å². The van der Waals surface area contributed by atoms with Crippen LogP contribution in [0.25, 0.3) is 0 Å². The quantitative estimate of drug-likeness (QED) is 0.167. The summed E-state index contributed by atoms with van der Waals surface area (Å²) >= 11 is 0. The second kappa shape index (κ2) is 15.2. The molecule has 164 valence electrons. The molecule has 28 heavy (non-hydrogen) atoms. The van der Waals surface area contributed by atoms with E-state index in [9.17, 15) is 10.2 Å². The van der Waals surface area contributed by atoms with E-state index in [2.05, 4.69) is 38.2 Å². The molecule has 0 bridgehead atoms. The smallest absolute Gasteiger partial charge is 0.186 e. The van der Waals surface area contributed by atoms with Gasteiger partial charge in [0, 0.05) is 6.42 Å². The van der Waals surface area contributed by atoms with Crippen molar-refractivity contribution in [1.82, 2.24) is 0 Å². The first kappa shape index (κ1) is 25.4. The van der Waals surface area contributed by atoms with E-state index in [1.54, 1.807) is 0 Å². The highest BCUT2D eigenvalue weighted by atomic mass is 16.5. The minimum absolute atomic E-state index is 0.222. The van der Waals surface area contributed by atoms with Crippen molar-refractivity contribution >= 4 is 0 Å². The Morgan fingerprint density at radius 1 is 1.00 bits per heavy atom. The Hall–Kier alpha value is -0.640. The van der Waals surface area contributed by atoms with Crippen LogP contribution >= 0.6 is 0 Å². The van der Waals surface area contributed by atoms with Crippen LogP contribution in [0.15, 0.2) is 24.3 Å². The number of hydrogen-bond donors (Lipinski definition) is 3. The third kappa shape index (κ3) is 11.4. The van der Waals surface area contributed by atoms with Gasteiger partial charge in [-0.25, -0.2) is 0 Å². The Labute approximate surface area is 173 Å². The van der Waals surface area contributed by atoms with Crippen LogP contribution < -0.4 is 0 Å². The van der Waals surface area contributed by atoms with E-state index in [1.807, 2.05) is 0 Å². The first-order valence-corrected chi connectivity index (χ1v) is 11.9. The molecule has 0 saturated heterocycles. The molecule has 1 rings (SSSR count). The van der Waals surface area contributed by atoms with Crippen molar-refractivity contribution in [1.29, 1.82) is 0 Å². The van der Waals surface area contributed by atoms with Crippen molar-refractivity contribution in [3.05, 3.63) is 24.3 Å². The standard InChI is InChI=1S/C25H46O3/c1-3-5-6-9-14-22(4-2)15-12-17-24-19-13-18-23(24)16-10-7-8-11-20-25(27,28)21-26/h7,10,12,17,22-24,26-28H,3-6,8-9,11,13-16,18-21H2,1-2H3/b10-7-,17-12+/t22-,23-,24-/m0/s1. The van der Waals surface area contributed by atoms with Gasteiger partial charge in [0.25, 0.3) is 0 Å². The van der Waals surface area contributed by atoms with Crippen LogP contribution in [0.5, 0.6) is 0 Å². The van der Waals surface area contributed by atoms with E-state index in [4.69, 9.17) is 5.11 Å². The highest BCUT2D eigenvalue weighted by Gasteiger charge is 2.24. The molecular weight excluding hydrogens is 348 g/mol. The lowest BCUT2D eigenvalue weighted by molar-refractivity contribution is -0.191. The van der Waals surface area contributed by atoms with E-state index >= 15 is 0 Å². The summed E-state index contributed by atoms with van der Waals surface area (Å²) in [5, 5.41) is 27.6. The molecule has 0 aromatic rings. The van der Waals surface area contributed by atoms with Crippen LogP contribution in [-0.2, 0) is 0 Å². The molecule has 3 N–H and O–H groups in total. The molecule has 0 aromatic heterocycles. The number of aliphatic hydroxyl groups is 3. The van der Waals surface area contributed by atoms with Gasteiger partial charge < -0.3 is 15.3 Å². The number of rotatable bonds is 16. The van der Waals surface area contributed by atoms with E-state index in [1.165, 1.54) is 64.2 Å². The Balaban J connectivity index is 2.26. The molecule has 0 spiro atoms. The van der Waals surface area contributed by atoms with Gasteiger partial charge in [-0.1, -0.05) is 83.1 Å². The maximum atomic E-state index is 9.37. The van der Waals surface area contributed by atoms with Crippen molar-refractivity contribution in [2.45, 2.75) is 110 Å². The summed E-state index contributed by atoms with van der Waals surface area (Å²) in [7, 11) is 0. The van der Waals surface area contributed by atoms with Gasteiger partial charge in [0.1, 0.15) is 0 Å². The molecule has 3 nitrogen and oxygen atoms in total. The largest absolute Gasteiger partial charge is 0.391 e. The molecule has 0 amide bonds. The summed E-state index contributed by atoms with van der Waals surface area (Å²) < 4.78 is 0. The van der Waals surface area contributed by atoms with Gasteiger partial charge in [0.2, 0.25) is 0 Å². The van der Waals surface area contributed by atoms with Crippen LogP contribution in [0.3, 0.4) is 0 Å². The maximum Gasteiger partial charge on any atom is 0.186 e. The lowest BCUT2D eigenvalue weighted by Gasteiger charge is -2.17. The molecule has 1 saturated carbocycles. The maximum absolute atomic E-state index is 9.37. The minimum atomic E-state index is -1.92. The average Bonchev–Trinajstić information content (AvgIpc) is 3.13. The summed E-state index contributed by atoms with van der Waals surface area (Å²) in [6, 6.07) is 0. The van der Waals surface area contributed by atoms with Gasteiger partial charge in [-0.05, 0) is 56.3 Å². The highest BCUT2D eigenvalue weighted by molar-refractivity contribution is 4.98. The van der Waals surface area contributed by atoms with Crippen molar-refractivity contribution in [2.75, 3.05) is 6.61 Å². The molecule has 0 heterocycles. The van der Waals surface area contributed by atoms with E-state index in [0.717, 1.165) is 30.6 Å². The number of allylic oxidation sites excluding steroid dienone is 4. The highest BCUT2D eigenvalue weighted by Crippen LogP contribution is 2.35. The molecule has 0 radical (unpaired) electrons. The van der Waals surface area contributed by atoms with Gasteiger partial charge in [0.15, 0.2) is 5.79 Å². The first-order chi connectivity index (χ1) is 13.5. The topological polar surface area (TPSA) is 60.7 Å². The second-order valence-corrected chi connectivity index (χ2v) is 8.88. The first-order valence-electron chi connectivity index (χ1n) is 11.9. The Morgan fingerprint density at radius 2 is 1.82 bits per heavy atom. The minimum Gasteiger partial charge on any atom is -0.391 e. The molecule has 0 aliphatic heterocycles. The third-order valence-corrected chi connectivity index (χ3v) is 6.42. The van der Waals surface area contributed by atoms with Crippen LogP contribution in [0.2, 0.25) is 0 Å². The fourth-order valence-electron chi connectivity index (χ4n) is 4.38. The van der Waals surface area contributed by atoms with E-state index < -0.39 is 12.4 Å². The Morgan fingerprint density at radius 3 is 2.54 bits per heavy atom. The lowest BCUT2D eigenvalue weighted by atomic mass is 9.90. The number of hydrogen-bond acceptors (Lipinski definition) is 3. The monoisotopic (exact) mass is 394 g/mol. The van der Waals surface area contributed by atoms with Crippen molar-refractivity contribution in [2.24, 2.45) is 17.8 Å². The number of unbranched alkanes of at least 4 members (excludes halogenated alkanes) is 4. The summed E-state index contributed by atoms with van der Waals surface area (Å²) in [6.07, 6.45) is 25.7. The molecule has 3 heteroatoms. The number of aliphatic hydroxyl groups excluding tert-OH is 1. The van der Waals surface area contributed by atoms with Crippen LogP contribution in [-0.4, -0.2) is 27.7 Å². The Bertz CT molecular complexity index is 428. The zero-order chi connectivity index (χ0) is 20.7. The lowest BCUT2D eigenvalue weighted by Crippen LogP contribution is -2.32. The summed E-state index contributed by atoms with van der Waals surface area (Å²) in [6.45, 7) is 4.02. The van der Waals surface area contributed by atoms with Crippen LogP contribution in [0.4, 0.5) is 0 Å². The fourth-order valence-corrected chi connectivity index (χ4v) is 4.38. The van der Waals surface area contributed by atoms with Gasteiger partial charge in [-0.2, -0.15) is 0 Å². The van der Waals surface area contributed by atoms with Crippen molar-refractivity contribution < 1.29 is 15.3 Å². The SMILES string of the molecule is CCCCCC[C@H](CC)C/C=C/[C@H]1CCC[C@@H]1C/C=C\CCCC(O)(O)CO. The third-order valence-electron chi connectivity index (χ3n) is 6.42. The van der Waals surface area contributed by atoms with Crippen molar-refractivity contribution in [3.63, 3.8) is 0 Å². The molecule has 0 aromatic carbocycles. The van der Waals surface area contributed by atoms with Gasteiger partial charge in [-0.15, -0.1) is 0 Å². The van der Waals surface area contributed by atoms with E-state index in [-0.39, 0.29) is 6.42 Å². The fraction of sp³-hybridized carbons (Fsp3) is 0.840. The predicted octanol–water partition coefficient (Wildman–Crippen LogP) is 6.14. The molecule has 3 atom stereocenters. The van der Waals surface area contributed by atoms with Crippen molar-refractivity contribution in [3.8, 4) is 0 Å². The van der Waals surface area contributed by atoms with Crippen LogP contribution in [0.1, 0.15) is 104 Å². The summed E-state index contributed by atoms with van der Waals surface area (Å²) in [5.41, 5.74) is 0. The zero-order valence-electron chi connectivity index (χ0n) is 18.5. The predicted molar refractivity (Wildman–Crippen MR) is 119 cm³/mol. The molecule has 1 fully saturated rings. The summed E-state index contributed by atoms with van der Waals surface area (Å²) in [5.74, 6) is 0.446. The molecule has 1 aliphatic carbocycles. The van der Waals surface area contributed by atoms with Gasteiger partial charge >= 0.3 is 0 Å².